The van der Waals surface area contributed by atoms with Crippen molar-refractivity contribution in [3.05, 3.63) is 22.3 Å². The van der Waals surface area contributed by atoms with Gasteiger partial charge in [-0.3, -0.25) is 0 Å². The molecule has 84 valence electrons. The Morgan fingerprint density at radius 3 is 2.81 bits per heavy atom. The second kappa shape index (κ2) is 4.21. The maximum Gasteiger partial charge on any atom is 0.213 e. The Morgan fingerprint density at radius 1 is 1.44 bits per heavy atom. The summed E-state index contributed by atoms with van der Waals surface area (Å²) >= 11 is 3.16. The van der Waals surface area contributed by atoms with Crippen molar-refractivity contribution in [2.75, 3.05) is 7.11 Å². The smallest absolute Gasteiger partial charge is 0.213 e. The van der Waals surface area contributed by atoms with Gasteiger partial charge in [-0.05, 0) is 22.0 Å². The molecule has 0 atom stereocenters. The molecular weight excluding hydrogens is 279 g/mol. The van der Waals surface area contributed by atoms with Gasteiger partial charge in [0.15, 0.2) is 5.75 Å². The number of pyridine rings is 2. The molecule has 2 heterocycles. The van der Waals surface area contributed by atoms with Crippen LogP contribution >= 0.6 is 15.9 Å². The molecule has 0 aromatic carbocycles. The molecule has 2 aromatic heterocycles. The molecule has 0 aliphatic heterocycles. The fourth-order valence-corrected chi connectivity index (χ4v) is 1.85. The van der Waals surface area contributed by atoms with Crippen molar-refractivity contribution >= 4 is 27.0 Å². The number of rotatable bonds is 2. The van der Waals surface area contributed by atoms with Crippen LogP contribution in [0.2, 0.25) is 0 Å². The van der Waals surface area contributed by atoms with E-state index in [1.807, 2.05) is 0 Å². The third-order valence-corrected chi connectivity index (χ3v) is 2.88. The lowest BCUT2D eigenvalue weighted by Gasteiger charge is -2.07. The summed E-state index contributed by atoms with van der Waals surface area (Å²) in [6.07, 6.45) is 0. The monoisotopic (exact) mass is 286 g/mol. The van der Waals surface area contributed by atoms with E-state index in [0.717, 1.165) is 0 Å². The van der Waals surface area contributed by atoms with E-state index in [0.29, 0.717) is 21.4 Å². The third-order valence-electron chi connectivity index (χ3n) is 2.13. The van der Waals surface area contributed by atoms with E-state index in [-0.39, 0.29) is 11.4 Å². The van der Waals surface area contributed by atoms with Crippen LogP contribution in [0.4, 0.5) is 4.39 Å². The standard InChI is InChI=1S/C10H8BrFN2O2/c1-16-7-3-2-5-9(14-7)8(11)10(15)6(4-12)13-5/h2-3,15H,4H2,1H3. The molecule has 0 radical (unpaired) electrons. The highest BCUT2D eigenvalue weighted by molar-refractivity contribution is 9.10. The summed E-state index contributed by atoms with van der Waals surface area (Å²) < 4.78 is 17.8. The molecule has 4 nitrogen and oxygen atoms in total. The van der Waals surface area contributed by atoms with Crippen LogP contribution < -0.4 is 4.74 Å². The predicted octanol–water partition coefficient (Wildman–Crippen LogP) is 2.58. The van der Waals surface area contributed by atoms with Gasteiger partial charge in [0.25, 0.3) is 0 Å². The Labute approximate surface area is 99.2 Å². The summed E-state index contributed by atoms with van der Waals surface area (Å²) in [6.45, 7) is -0.827. The van der Waals surface area contributed by atoms with E-state index in [9.17, 15) is 9.50 Å². The number of nitrogens with zero attached hydrogens (tertiary/aromatic N) is 2. The van der Waals surface area contributed by atoms with Crippen LogP contribution in [-0.2, 0) is 6.67 Å². The minimum absolute atomic E-state index is 0.00802. The summed E-state index contributed by atoms with van der Waals surface area (Å²) in [5.74, 6) is 0.179. The van der Waals surface area contributed by atoms with Crippen LogP contribution in [0.15, 0.2) is 16.6 Å². The molecule has 6 heteroatoms. The normalized spacial score (nSPS) is 10.7. The SMILES string of the molecule is COc1ccc2nc(CF)c(O)c(Br)c2n1. The number of alkyl halides is 1. The van der Waals surface area contributed by atoms with Crippen LogP contribution in [0.3, 0.4) is 0 Å². The summed E-state index contributed by atoms with van der Waals surface area (Å²) in [7, 11) is 1.49. The molecule has 0 saturated heterocycles. The number of fused-ring (bicyclic) bond motifs is 1. The van der Waals surface area contributed by atoms with Crippen LogP contribution in [-0.4, -0.2) is 22.2 Å². The number of hydrogen-bond acceptors (Lipinski definition) is 4. The molecule has 2 rings (SSSR count). The Morgan fingerprint density at radius 2 is 2.19 bits per heavy atom. The van der Waals surface area contributed by atoms with Crippen molar-refractivity contribution < 1.29 is 14.2 Å². The maximum atomic E-state index is 12.6. The molecule has 0 amide bonds. The Hall–Kier alpha value is -1.43. The van der Waals surface area contributed by atoms with Crippen molar-refractivity contribution in [2.45, 2.75) is 6.67 Å². The van der Waals surface area contributed by atoms with Gasteiger partial charge in [-0.25, -0.2) is 14.4 Å². The van der Waals surface area contributed by atoms with Crippen molar-refractivity contribution in [3.8, 4) is 11.6 Å². The Balaban J connectivity index is 2.77. The molecule has 0 aliphatic carbocycles. The first-order valence-electron chi connectivity index (χ1n) is 4.45. The highest BCUT2D eigenvalue weighted by Crippen LogP contribution is 2.33. The third kappa shape index (κ3) is 1.69. The number of aromatic hydroxyl groups is 1. The average molecular weight is 287 g/mol. The van der Waals surface area contributed by atoms with Gasteiger partial charge in [0, 0.05) is 6.07 Å². The molecule has 2 aromatic rings. The highest BCUT2D eigenvalue weighted by atomic mass is 79.9. The van der Waals surface area contributed by atoms with Gasteiger partial charge in [-0.15, -0.1) is 0 Å². The average Bonchev–Trinajstić information content (AvgIpc) is 2.33. The van der Waals surface area contributed by atoms with E-state index < -0.39 is 6.67 Å². The van der Waals surface area contributed by atoms with E-state index >= 15 is 0 Å². The van der Waals surface area contributed by atoms with Crippen LogP contribution in [0.25, 0.3) is 11.0 Å². The van der Waals surface area contributed by atoms with Gasteiger partial charge in [0.05, 0.1) is 17.1 Å². The first-order chi connectivity index (χ1) is 7.67. The van der Waals surface area contributed by atoms with Crippen molar-refractivity contribution in [1.29, 1.82) is 0 Å². The summed E-state index contributed by atoms with van der Waals surface area (Å²) in [5, 5.41) is 9.63. The quantitative estimate of drug-likeness (QED) is 0.922. The Kier molecular flexibility index (Phi) is 2.91. The highest BCUT2D eigenvalue weighted by Gasteiger charge is 2.13. The molecule has 0 aliphatic rings. The topological polar surface area (TPSA) is 55.2 Å². The summed E-state index contributed by atoms with van der Waals surface area (Å²) in [5.41, 5.74) is 0.929. The Bertz CT molecular complexity index is 548. The molecule has 1 N–H and O–H groups in total. The number of hydrogen-bond donors (Lipinski definition) is 1. The number of ether oxygens (including phenoxy) is 1. The zero-order valence-corrected chi connectivity index (χ0v) is 9.95. The zero-order chi connectivity index (χ0) is 11.7. The lowest BCUT2D eigenvalue weighted by atomic mass is 10.2. The number of halogens is 2. The zero-order valence-electron chi connectivity index (χ0n) is 8.37. The molecule has 16 heavy (non-hydrogen) atoms. The van der Waals surface area contributed by atoms with Gasteiger partial charge in [-0.2, -0.15) is 0 Å². The van der Waals surface area contributed by atoms with Crippen molar-refractivity contribution in [1.82, 2.24) is 9.97 Å². The molecule has 0 fully saturated rings. The van der Waals surface area contributed by atoms with Gasteiger partial charge < -0.3 is 9.84 Å². The van der Waals surface area contributed by atoms with Crippen LogP contribution in [0, 0.1) is 0 Å². The number of methoxy groups -OCH3 is 1. The van der Waals surface area contributed by atoms with Crippen LogP contribution in [0.5, 0.6) is 11.6 Å². The van der Waals surface area contributed by atoms with Gasteiger partial charge in [0.1, 0.15) is 17.9 Å². The van der Waals surface area contributed by atoms with E-state index in [2.05, 4.69) is 25.9 Å². The van der Waals surface area contributed by atoms with E-state index in [1.54, 1.807) is 12.1 Å². The predicted molar refractivity (Wildman–Crippen MR) is 60.3 cm³/mol. The van der Waals surface area contributed by atoms with Crippen molar-refractivity contribution in [2.24, 2.45) is 0 Å². The van der Waals surface area contributed by atoms with Crippen molar-refractivity contribution in [3.63, 3.8) is 0 Å². The fourth-order valence-electron chi connectivity index (χ4n) is 1.33. The maximum absolute atomic E-state index is 12.6. The van der Waals surface area contributed by atoms with E-state index in [4.69, 9.17) is 4.74 Å². The van der Waals surface area contributed by atoms with Gasteiger partial charge >= 0.3 is 0 Å². The molecule has 0 bridgehead atoms. The second-order valence-corrected chi connectivity index (χ2v) is 3.87. The lowest BCUT2D eigenvalue weighted by Crippen LogP contribution is -1.94. The fraction of sp³-hybridized carbons (Fsp3) is 0.200. The largest absolute Gasteiger partial charge is 0.505 e. The summed E-state index contributed by atoms with van der Waals surface area (Å²) in [4.78, 5) is 8.07. The lowest BCUT2D eigenvalue weighted by molar-refractivity contribution is 0.399. The second-order valence-electron chi connectivity index (χ2n) is 3.08. The molecular formula is C10H8BrFN2O2. The minimum atomic E-state index is -0.827. The first kappa shape index (κ1) is 11.1. The van der Waals surface area contributed by atoms with Gasteiger partial charge in [0.2, 0.25) is 5.88 Å². The molecule has 0 spiro atoms. The minimum Gasteiger partial charge on any atom is -0.505 e. The molecule has 0 saturated carbocycles. The number of aromatic nitrogens is 2. The molecule has 0 unspecified atom stereocenters. The van der Waals surface area contributed by atoms with Crippen LogP contribution in [0.1, 0.15) is 5.69 Å². The summed E-state index contributed by atoms with van der Waals surface area (Å²) in [6, 6.07) is 3.28. The van der Waals surface area contributed by atoms with Gasteiger partial charge in [-0.1, -0.05) is 0 Å². The first-order valence-corrected chi connectivity index (χ1v) is 5.24. The van der Waals surface area contributed by atoms with E-state index in [1.165, 1.54) is 7.11 Å².